The minimum absolute atomic E-state index is 0.0968. The monoisotopic (exact) mass is 449 g/mol. The molecule has 2 amide bonds. The fraction of sp³-hybridized carbons (Fsp3) is 0.333. The first-order valence-corrected chi connectivity index (χ1v) is 11.4. The maximum atomic E-state index is 13.4. The van der Waals surface area contributed by atoms with Crippen LogP contribution in [0.3, 0.4) is 0 Å². The van der Waals surface area contributed by atoms with Crippen LogP contribution < -0.4 is 10.0 Å². The lowest BCUT2D eigenvalue weighted by molar-refractivity contribution is -0.133. The summed E-state index contributed by atoms with van der Waals surface area (Å²) >= 11 is 6.04. The molecule has 0 unspecified atom stereocenters. The van der Waals surface area contributed by atoms with Gasteiger partial charge in [-0.1, -0.05) is 29.8 Å². The molecule has 30 heavy (non-hydrogen) atoms. The van der Waals surface area contributed by atoms with E-state index in [0.717, 1.165) is 4.31 Å². The van der Waals surface area contributed by atoms with Crippen molar-refractivity contribution >= 4 is 39.1 Å². The molecule has 160 valence electrons. The van der Waals surface area contributed by atoms with Crippen LogP contribution in [0.4, 0.5) is 5.69 Å². The van der Waals surface area contributed by atoms with Gasteiger partial charge < -0.3 is 10.6 Å². The minimum Gasteiger partial charge on any atom is -0.369 e. The number of aryl methyl sites for hydroxylation is 1. The van der Waals surface area contributed by atoms with Crippen LogP contribution in [0.25, 0.3) is 0 Å². The summed E-state index contributed by atoms with van der Waals surface area (Å²) in [5, 5.41) is 0.480. The molecule has 7 nitrogen and oxygen atoms in total. The molecule has 0 spiro atoms. The predicted octanol–water partition coefficient (Wildman–Crippen LogP) is 2.57. The van der Waals surface area contributed by atoms with Crippen molar-refractivity contribution in [3.63, 3.8) is 0 Å². The Balaban J connectivity index is 1.91. The normalized spacial score (nSPS) is 15.1. The third kappa shape index (κ3) is 4.76. The highest BCUT2D eigenvalue weighted by molar-refractivity contribution is 7.92. The molecular weight excluding hydrogens is 426 g/mol. The number of piperidine rings is 1. The van der Waals surface area contributed by atoms with Gasteiger partial charge >= 0.3 is 0 Å². The maximum absolute atomic E-state index is 13.4. The second-order valence-corrected chi connectivity index (χ2v) is 9.61. The molecule has 9 heteroatoms. The van der Waals surface area contributed by atoms with Gasteiger partial charge in [0.05, 0.1) is 10.6 Å². The third-order valence-corrected chi connectivity index (χ3v) is 7.30. The number of rotatable bonds is 6. The minimum atomic E-state index is -3.98. The number of primary amides is 1. The van der Waals surface area contributed by atoms with E-state index < -0.39 is 10.0 Å². The van der Waals surface area contributed by atoms with E-state index in [1.807, 2.05) is 0 Å². The standard InChI is InChI=1S/C21H24ClN3O4S/c1-15-13-17(22)7-8-19(15)25(30(28,29)18-5-3-2-4-6-18)14-20(26)24-11-9-16(10-12-24)21(23)27/h2-8,13,16H,9-12,14H2,1H3,(H2,23,27). The summed E-state index contributed by atoms with van der Waals surface area (Å²) in [6, 6.07) is 12.8. The zero-order valence-corrected chi connectivity index (χ0v) is 18.2. The molecule has 1 aliphatic rings. The van der Waals surface area contributed by atoms with Crippen LogP contribution in [-0.2, 0) is 19.6 Å². The number of likely N-dealkylation sites (tertiary alicyclic amines) is 1. The van der Waals surface area contributed by atoms with Crippen LogP contribution in [0.2, 0.25) is 5.02 Å². The van der Waals surface area contributed by atoms with Crippen LogP contribution in [-0.4, -0.2) is 44.8 Å². The Kier molecular flexibility index (Phi) is 6.67. The van der Waals surface area contributed by atoms with E-state index in [9.17, 15) is 18.0 Å². The number of amides is 2. The topological polar surface area (TPSA) is 101 Å². The Morgan fingerprint density at radius 2 is 1.77 bits per heavy atom. The van der Waals surface area contributed by atoms with Crippen molar-refractivity contribution in [1.29, 1.82) is 0 Å². The molecule has 2 aromatic carbocycles. The third-order valence-electron chi connectivity index (χ3n) is 5.29. The molecule has 1 saturated heterocycles. The lowest BCUT2D eigenvalue weighted by atomic mass is 9.96. The lowest BCUT2D eigenvalue weighted by Gasteiger charge is -2.33. The molecule has 3 rings (SSSR count). The number of nitrogens with zero attached hydrogens (tertiary/aromatic N) is 2. The number of nitrogens with two attached hydrogens (primary N) is 1. The molecule has 1 aliphatic heterocycles. The number of anilines is 1. The SMILES string of the molecule is Cc1cc(Cl)ccc1N(CC(=O)N1CCC(C(N)=O)CC1)S(=O)(=O)c1ccccc1. The first kappa shape index (κ1) is 22.1. The molecule has 1 fully saturated rings. The summed E-state index contributed by atoms with van der Waals surface area (Å²) in [5.74, 6) is -0.948. The Morgan fingerprint density at radius 1 is 1.13 bits per heavy atom. The van der Waals surface area contributed by atoms with E-state index in [-0.39, 0.29) is 29.2 Å². The Labute approximate surface area is 181 Å². The van der Waals surface area contributed by atoms with Gasteiger partial charge in [0, 0.05) is 24.0 Å². The van der Waals surface area contributed by atoms with E-state index in [4.69, 9.17) is 17.3 Å². The highest BCUT2D eigenvalue weighted by Gasteiger charge is 2.32. The Hall–Kier alpha value is -2.58. The van der Waals surface area contributed by atoms with Gasteiger partial charge in [-0.2, -0.15) is 0 Å². The van der Waals surface area contributed by atoms with Crippen molar-refractivity contribution in [2.45, 2.75) is 24.7 Å². The summed E-state index contributed by atoms with van der Waals surface area (Å²) in [5.41, 5.74) is 6.39. The van der Waals surface area contributed by atoms with Crippen LogP contribution in [0.1, 0.15) is 18.4 Å². The van der Waals surface area contributed by atoms with E-state index >= 15 is 0 Å². The zero-order valence-electron chi connectivity index (χ0n) is 16.6. The van der Waals surface area contributed by atoms with E-state index in [1.54, 1.807) is 48.2 Å². The number of halogens is 1. The summed E-state index contributed by atoms with van der Waals surface area (Å²) in [7, 11) is -3.98. The Morgan fingerprint density at radius 3 is 2.33 bits per heavy atom. The highest BCUT2D eigenvalue weighted by atomic mass is 35.5. The number of benzene rings is 2. The molecule has 0 bridgehead atoms. The van der Waals surface area contributed by atoms with Gasteiger partial charge in [0.25, 0.3) is 10.0 Å². The van der Waals surface area contributed by atoms with Gasteiger partial charge in [-0.15, -0.1) is 0 Å². The van der Waals surface area contributed by atoms with E-state index in [0.29, 0.717) is 42.2 Å². The van der Waals surface area contributed by atoms with Gasteiger partial charge in [-0.25, -0.2) is 8.42 Å². The number of sulfonamides is 1. The maximum Gasteiger partial charge on any atom is 0.264 e. The molecule has 0 aromatic heterocycles. The summed E-state index contributed by atoms with van der Waals surface area (Å²) in [6.45, 7) is 2.13. The summed E-state index contributed by atoms with van der Waals surface area (Å²) in [4.78, 5) is 26.0. The van der Waals surface area contributed by atoms with Gasteiger partial charge in [0.15, 0.2) is 0 Å². The van der Waals surface area contributed by atoms with E-state index in [2.05, 4.69) is 0 Å². The smallest absolute Gasteiger partial charge is 0.264 e. The van der Waals surface area contributed by atoms with Crippen molar-refractivity contribution < 1.29 is 18.0 Å². The number of hydrogen-bond acceptors (Lipinski definition) is 4. The fourth-order valence-electron chi connectivity index (χ4n) is 3.55. The molecular formula is C21H24ClN3O4S. The molecule has 0 aliphatic carbocycles. The zero-order chi connectivity index (χ0) is 21.9. The van der Waals surface area contributed by atoms with Crippen LogP contribution in [0, 0.1) is 12.8 Å². The van der Waals surface area contributed by atoms with E-state index in [1.165, 1.54) is 12.1 Å². The van der Waals surface area contributed by atoms with Crippen molar-refractivity contribution in [3.8, 4) is 0 Å². The first-order chi connectivity index (χ1) is 14.2. The molecule has 1 heterocycles. The van der Waals surface area contributed by atoms with Crippen molar-refractivity contribution in [2.24, 2.45) is 11.7 Å². The highest BCUT2D eigenvalue weighted by Crippen LogP contribution is 2.29. The number of carbonyl (C=O) groups is 2. The molecule has 0 atom stereocenters. The van der Waals surface area contributed by atoms with Crippen molar-refractivity contribution in [3.05, 3.63) is 59.1 Å². The van der Waals surface area contributed by atoms with Crippen LogP contribution >= 0.6 is 11.6 Å². The van der Waals surface area contributed by atoms with Gasteiger partial charge in [-0.05, 0) is 55.7 Å². The Bertz CT molecular complexity index is 1040. The summed E-state index contributed by atoms with van der Waals surface area (Å²) in [6.07, 6.45) is 0.957. The summed E-state index contributed by atoms with van der Waals surface area (Å²) < 4.78 is 27.9. The van der Waals surface area contributed by atoms with Crippen LogP contribution in [0.15, 0.2) is 53.4 Å². The average Bonchev–Trinajstić information content (AvgIpc) is 2.73. The van der Waals surface area contributed by atoms with Crippen molar-refractivity contribution in [2.75, 3.05) is 23.9 Å². The number of hydrogen-bond donors (Lipinski definition) is 1. The van der Waals surface area contributed by atoms with Gasteiger partial charge in [0.1, 0.15) is 6.54 Å². The second kappa shape index (κ2) is 9.06. The van der Waals surface area contributed by atoms with Gasteiger partial charge in [-0.3, -0.25) is 13.9 Å². The van der Waals surface area contributed by atoms with Gasteiger partial charge in [0.2, 0.25) is 11.8 Å². The second-order valence-electron chi connectivity index (χ2n) is 7.31. The molecule has 2 N–H and O–H groups in total. The number of carbonyl (C=O) groups excluding carboxylic acids is 2. The lowest BCUT2D eigenvalue weighted by Crippen LogP contribution is -2.47. The predicted molar refractivity (Wildman–Crippen MR) is 116 cm³/mol. The fourth-order valence-corrected chi connectivity index (χ4v) is 5.28. The molecule has 2 aromatic rings. The average molecular weight is 450 g/mol. The largest absolute Gasteiger partial charge is 0.369 e. The molecule has 0 saturated carbocycles. The molecule has 0 radical (unpaired) electrons. The quantitative estimate of drug-likeness (QED) is 0.732. The first-order valence-electron chi connectivity index (χ1n) is 9.61. The van der Waals surface area contributed by atoms with Crippen molar-refractivity contribution in [1.82, 2.24) is 4.90 Å². The van der Waals surface area contributed by atoms with Crippen LogP contribution in [0.5, 0.6) is 0 Å².